The summed E-state index contributed by atoms with van der Waals surface area (Å²) in [5.74, 6) is -1.58. The fraction of sp³-hybridized carbons (Fsp3) is 0.333. The van der Waals surface area contributed by atoms with Gasteiger partial charge < -0.3 is 15.6 Å². The smallest absolute Gasteiger partial charge is 0.503 e. The zero-order chi connectivity index (χ0) is 13.1. The topological polar surface area (TPSA) is 92.2 Å². The number of rotatable bonds is 3. The van der Waals surface area contributed by atoms with Crippen LogP contribution >= 0.6 is 0 Å². The molecule has 0 unspecified atom stereocenters. The summed E-state index contributed by atoms with van der Waals surface area (Å²) in [4.78, 5) is 3.63. The molecule has 1 aromatic heterocycles. The first-order valence-electron chi connectivity index (χ1n) is 4.41. The number of nitrogens with zero attached hydrogens (tertiary/aromatic N) is 2. The second-order valence-electron chi connectivity index (χ2n) is 2.98. The Kier molecular flexibility index (Phi) is 3.75. The van der Waals surface area contributed by atoms with Crippen LogP contribution in [0.25, 0.3) is 0 Å². The van der Waals surface area contributed by atoms with E-state index < -0.39 is 17.9 Å². The Morgan fingerprint density at radius 1 is 1.53 bits per heavy atom. The third-order valence-electron chi connectivity index (χ3n) is 1.87. The molecule has 8 heteroatoms. The Bertz CT molecular complexity index is 454. The van der Waals surface area contributed by atoms with Gasteiger partial charge in [-0.2, -0.15) is 5.26 Å². The summed E-state index contributed by atoms with van der Waals surface area (Å²) in [5, 5.41) is 17.7. The Balaban J connectivity index is 3.26. The molecule has 0 spiro atoms. The Hall–Kier alpha value is -2.01. The molecule has 0 aliphatic carbocycles. The van der Waals surface area contributed by atoms with E-state index in [4.69, 9.17) is 11.0 Å². The maximum Gasteiger partial charge on any atom is 0.573 e. The maximum atomic E-state index is 12.1. The highest BCUT2D eigenvalue weighted by Crippen LogP contribution is 2.35. The minimum Gasteiger partial charge on any atom is -0.503 e. The van der Waals surface area contributed by atoms with Crippen LogP contribution in [0.4, 0.5) is 13.2 Å². The van der Waals surface area contributed by atoms with Gasteiger partial charge in [-0.15, -0.1) is 13.2 Å². The molecule has 0 atom stereocenters. The Morgan fingerprint density at radius 3 is 2.65 bits per heavy atom. The molecule has 17 heavy (non-hydrogen) atoms. The van der Waals surface area contributed by atoms with E-state index in [1.165, 1.54) is 0 Å². The van der Waals surface area contributed by atoms with Gasteiger partial charge in [-0.05, 0) is 0 Å². The van der Waals surface area contributed by atoms with Crippen LogP contribution in [0.3, 0.4) is 0 Å². The summed E-state index contributed by atoms with van der Waals surface area (Å²) >= 11 is 0. The maximum absolute atomic E-state index is 12.1. The third kappa shape index (κ3) is 3.22. The van der Waals surface area contributed by atoms with Crippen molar-refractivity contribution < 1.29 is 23.0 Å². The van der Waals surface area contributed by atoms with Gasteiger partial charge in [0, 0.05) is 12.1 Å². The number of halogens is 3. The van der Waals surface area contributed by atoms with E-state index in [0.29, 0.717) is 0 Å². The van der Waals surface area contributed by atoms with E-state index in [1.54, 1.807) is 6.07 Å². The average molecular weight is 247 g/mol. The molecule has 0 aliphatic rings. The first-order chi connectivity index (χ1) is 7.89. The van der Waals surface area contributed by atoms with Crippen LogP contribution in [0.15, 0.2) is 6.20 Å². The van der Waals surface area contributed by atoms with Gasteiger partial charge in [-0.25, -0.2) is 0 Å². The summed E-state index contributed by atoms with van der Waals surface area (Å²) in [5.41, 5.74) is 5.17. The van der Waals surface area contributed by atoms with Gasteiger partial charge in [-0.1, -0.05) is 0 Å². The van der Waals surface area contributed by atoms with Crippen molar-refractivity contribution in [2.24, 2.45) is 5.73 Å². The molecule has 5 nitrogen and oxygen atoms in total. The highest BCUT2D eigenvalue weighted by atomic mass is 19.4. The lowest BCUT2D eigenvalue weighted by atomic mass is 10.1. The monoisotopic (exact) mass is 247 g/mol. The number of alkyl halides is 3. The average Bonchev–Trinajstić information content (AvgIpc) is 2.22. The zero-order valence-corrected chi connectivity index (χ0v) is 8.45. The van der Waals surface area contributed by atoms with Crippen LogP contribution in [0.5, 0.6) is 11.5 Å². The number of hydrogen-bond acceptors (Lipinski definition) is 5. The van der Waals surface area contributed by atoms with Crippen LogP contribution in [-0.2, 0) is 13.0 Å². The minimum atomic E-state index is -4.95. The number of hydrogen-bond donors (Lipinski definition) is 2. The van der Waals surface area contributed by atoms with Crippen LogP contribution in [0, 0.1) is 11.3 Å². The lowest BCUT2D eigenvalue weighted by Crippen LogP contribution is -2.20. The van der Waals surface area contributed by atoms with Crippen molar-refractivity contribution in [2.45, 2.75) is 19.3 Å². The number of aromatic hydroxyl groups is 1. The zero-order valence-electron chi connectivity index (χ0n) is 8.45. The van der Waals surface area contributed by atoms with Crippen molar-refractivity contribution in [1.29, 1.82) is 5.26 Å². The van der Waals surface area contributed by atoms with Crippen molar-refractivity contribution in [3.63, 3.8) is 0 Å². The van der Waals surface area contributed by atoms with Gasteiger partial charge >= 0.3 is 6.36 Å². The molecule has 0 fully saturated rings. The van der Waals surface area contributed by atoms with Crippen LogP contribution in [0.2, 0.25) is 0 Å². The molecular weight excluding hydrogens is 239 g/mol. The number of pyridine rings is 1. The summed E-state index contributed by atoms with van der Waals surface area (Å²) in [6.07, 6.45) is -4.39. The van der Waals surface area contributed by atoms with E-state index in [2.05, 4.69) is 9.72 Å². The molecule has 0 radical (unpaired) electrons. The molecule has 92 valence electrons. The first kappa shape index (κ1) is 13.1. The number of ether oxygens (including phenoxy) is 1. The van der Waals surface area contributed by atoms with Gasteiger partial charge in [-0.3, -0.25) is 4.98 Å². The standard InChI is InChI=1S/C9H8F3N3O2/c10-9(11,12)17-8-5(3-14)6(1-2-13)15-4-7(8)16/h4,16H,1,3,14H2. The second-order valence-corrected chi connectivity index (χ2v) is 2.98. The van der Waals surface area contributed by atoms with Crippen molar-refractivity contribution >= 4 is 0 Å². The Labute approximate surface area is 94.2 Å². The van der Waals surface area contributed by atoms with Crippen molar-refractivity contribution in [2.75, 3.05) is 0 Å². The van der Waals surface area contributed by atoms with Crippen molar-refractivity contribution in [1.82, 2.24) is 4.98 Å². The summed E-state index contributed by atoms with van der Waals surface area (Å²) in [6.45, 7) is -0.330. The summed E-state index contributed by atoms with van der Waals surface area (Å²) in [6, 6.07) is 1.73. The predicted octanol–water partition coefficient (Wildman–Crippen LogP) is 1.21. The molecule has 0 saturated heterocycles. The summed E-state index contributed by atoms with van der Waals surface area (Å²) in [7, 11) is 0. The molecule has 0 bridgehead atoms. The summed E-state index contributed by atoms with van der Waals surface area (Å²) < 4.78 is 39.9. The largest absolute Gasteiger partial charge is 0.573 e. The fourth-order valence-corrected chi connectivity index (χ4v) is 1.23. The molecular formula is C9H8F3N3O2. The van der Waals surface area contributed by atoms with Gasteiger partial charge in [0.05, 0.1) is 24.4 Å². The minimum absolute atomic E-state index is 0.0482. The molecule has 3 N–H and O–H groups in total. The lowest BCUT2D eigenvalue weighted by Gasteiger charge is -2.15. The van der Waals surface area contributed by atoms with Crippen LogP contribution in [0.1, 0.15) is 11.3 Å². The third-order valence-corrected chi connectivity index (χ3v) is 1.87. The van der Waals surface area contributed by atoms with E-state index in [1.807, 2.05) is 0 Å². The van der Waals surface area contributed by atoms with E-state index in [9.17, 15) is 18.3 Å². The van der Waals surface area contributed by atoms with Gasteiger partial charge in [0.2, 0.25) is 0 Å². The molecule has 0 aromatic carbocycles. The van der Waals surface area contributed by atoms with E-state index in [0.717, 1.165) is 6.20 Å². The molecule has 1 aromatic rings. The Morgan fingerprint density at radius 2 is 2.18 bits per heavy atom. The molecule has 0 saturated carbocycles. The fourth-order valence-electron chi connectivity index (χ4n) is 1.23. The van der Waals surface area contributed by atoms with Gasteiger partial charge in [0.1, 0.15) is 0 Å². The quantitative estimate of drug-likeness (QED) is 0.837. The lowest BCUT2D eigenvalue weighted by molar-refractivity contribution is -0.275. The SMILES string of the molecule is N#CCc1ncc(O)c(OC(F)(F)F)c1CN. The molecule has 0 amide bonds. The van der Waals surface area contributed by atoms with E-state index in [-0.39, 0.29) is 24.2 Å². The second kappa shape index (κ2) is 4.88. The number of nitriles is 1. The van der Waals surface area contributed by atoms with Crippen molar-refractivity contribution in [3.05, 3.63) is 17.5 Å². The molecule has 1 heterocycles. The highest BCUT2D eigenvalue weighted by molar-refractivity contribution is 5.47. The van der Waals surface area contributed by atoms with Crippen LogP contribution < -0.4 is 10.5 Å². The van der Waals surface area contributed by atoms with Crippen LogP contribution in [-0.4, -0.2) is 16.5 Å². The van der Waals surface area contributed by atoms with Gasteiger partial charge in [0.15, 0.2) is 11.5 Å². The highest BCUT2D eigenvalue weighted by Gasteiger charge is 2.34. The number of nitrogens with two attached hydrogens (primary N) is 1. The number of aromatic nitrogens is 1. The normalized spacial score (nSPS) is 11.0. The predicted molar refractivity (Wildman–Crippen MR) is 49.8 cm³/mol. The molecule has 1 rings (SSSR count). The first-order valence-corrected chi connectivity index (χ1v) is 4.41. The van der Waals surface area contributed by atoms with E-state index >= 15 is 0 Å². The van der Waals surface area contributed by atoms with Gasteiger partial charge in [0.25, 0.3) is 0 Å². The van der Waals surface area contributed by atoms with Crippen molar-refractivity contribution in [3.8, 4) is 17.6 Å². The molecule has 0 aliphatic heterocycles.